The first kappa shape index (κ1) is 25.1. The molecular formula is C27H27F3NO3-. The van der Waals surface area contributed by atoms with Crippen molar-refractivity contribution < 1.29 is 27.8 Å². The van der Waals surface area contributed by atoms with Crippen LogP contribution in [0.15, 0.2) is 66.7 Å². The van der Waals surface area contributed by atoms with Crippen LogP contribution in [0.5, 0.6) is 5.75 Å². The number of aliphatic carboxylic acids is 1. The number of alkyl halides is 3. The molecule has 0 fully saturated rings. The van der Waals surface area contributed by atoms with Crippen molar-refractivity contribution in [3.8, 4) is 16.9 Å². The van der Waals surface area contributed by atoms with Gasteiger partial charge in [0.1, 0.15) is 12.4 Å². The number of carboxylic acid groups (broad SMARTS) is 1. The third kappa shape index (κ3) is 6.76. The predicted octanol–water partition coefficient (Wildman–Crippen LogP) is 5.62. The van der Waals surface area contributed by atoms with Crippen LogP contribution in [-0.4, -0.2) is 19.1 Å². The highest BCUT2D eigenvalue weighted by Crippen LogP contribution is 2.32. The standard InChI is InChI=1S/C27H28F3NO3/c1-3-4-14-31(17-20-8-13-25(19(2)15-20)34-18-26(32)33)24-7-5-6-22(16-24)21-9-11-23(12-10-21)27(28,29)30/h5-13,15-16H,3-4,14,17-18H2,1-2H3,(H,32,33)/p-1. The van der Waals surface area contributed by atoms with E-state index in [9.17, 15) is 23.1 Å². The molecule has 0 aliphatic carbocycles. The third-order valence-corrected chi connectivity index (χ3v) is 5.50. The highest BCUT2D eigenvalue weighted by molar-refractivity contribution is 5.69. The molecule has 3 aromatic carbocycles. The van der Waals surface area contributed by atoms with Gasteiger partial charge in [-0.3, -0.25) is 0 Å². The van der Waals surface area contributed by atoms with Gasteiger partial charge in [-0.15, -0.1) is 0 Å². The van der Waals surface area contributed by atoms with Crippen LogP contribution in [0.2, 0.25) is 0 Å². The Morgan fingerprint density at radius 3 is 2.35 bits per heavy atom. The summed E-state index contributed by atoms with van der Waals surface area (Å²) in [4.78, 5) is 12.9. The van der Waals surface area contributed by atoms with Crippen LogP contribution in [0.4, 0.5) is 18.9 Å². The van der Waals surface area contributed by atoms with Gasteiger partial charge in [0.2, 0.25) is 0 Å². The Kier molecular flexibility index (Phi) is 8.21. The third-order valence-electron chi connectivity index (χ3n) is 5.50. The van der Waals surface area contributed by atoms with Crippen molar-refractivity contribution in [2.75, 3.05) is 18.1 Å². The number of anilines is 1. The van der Waals surface area contributed by atoms with Gasteiger partial charge < -0.3 is 19.5 Å². The Hall–Kier alpha value is -3.48. The largest absolute Gasteiger partial charge is 0.546 e. The lowest BCUT2D eigenvalue weighted by Gasteiger charge is -2.26. The van der Waals surface area contributed by atoms with E-state index in [1.807, 2.05) is 43.3 Å². The summed E-state index contributed by atoms with van der Waals surface area (Å²) in [7, 11) is 0. The van der Waals surface area contributed by atoms with Gasteiger partial charge in [-0.1, -0.05) is 49.7 Å². The minimum Gasteiger partial charge on any atom is -0.546 e. The van der Waals surface area contributed by atoms with E-state index in [2.05, 4.69) is 11.8 Å². The molecule has 0 bridgehead atoms. The number of carbonyl (C=O) groups excluding carboxylic acids is 1. The number of carbonyl (C=O) groups is 1. The van der Waals surface area contributed by atoms with Crippen LogP contribution in [0.25, 0.3) is 11.1 Å². The molecular weight excluding hydrogens is 443 g/mol. The van der Waals surface area contributed by atoms with E-state index < -0.39 is 24.3 Å². The van der Waals surface area contributed by atoms with Gasteiger partial charge in [-0.2, -0.15) is 13.2 Å². The predicted molar refractivity (Wildman–Crippen MR) is 125 cm³/mol. The second kappa shape index (κ2) is 11.1. The number of nitrogens with zero attached hydrogens (tertiary/aromatic N) is 1. The van der Waals surface area contributed by atoms with Crippen molar-refractivity contribution in [2.45, 2.75) is 39.4 Å². The summed E-state index contributed by atoms with van der Waals surface area (Å²) in [5, 5.41) is 10.7. The van der Waals surface area contributed by atoms with Crippen LogP contribution in [0.1, 0.15) is 36.5 Å². The van der Waals surface area contributed by atoms with Crippen molar-refractivity contribution in [1.29, 1.82) is 0 Å². The molecule has 0 unspecified atom stereocenters. The first-order chi connectivity index (χ1) is 16.2. The van der Waals surface area contributed by atoms with Crippen LogP contribution in [0, 0.1) is 6.92 Å². The molecule has 3 rings (SSSR count). The Bertz CT molecular complexity index is 1110. The fourth-order valence-electron chi connectivity index (χ4n) is 3.71. The van der Waals surface area contributed by atoms with Gasteiger partial charge in [0.15, 0.2) is 0 Å². The van der Waals surface area contributed by atoms with Crippen molar-refractivity contribution in [3.63, 3.8) is 0 Å². The molecule has 34 heavy (non-hydrogen) atoms. The van der Waals surface area contributed by atoms with E-state index in [1.165, 1.54) is 12.1 Å². The lowest BCUT2D eigenvalue weighted by Crippen LogP contribution is -2.29. The van der Waals surface area contributed by atoms with Crippen LogP contribution >= 0.6 is 0 Å². The molecule has 0 radical (unpaired) electrons. The Morgan fingerprint density at radius 1 is 1.00 bits per heavy atom. The SMILES string of the molecule is CCCCN(Cc1ccc(OCC(=O)[O-])c(C)c1)c1cccc(-c2ccc(C(F)(F)F)cc2)c1. The highest BCUT2D eigenvalue weighted by atomic mass is 19.4. The average molecular weight is 471 g/mol. The molecule has 0 N–H and O–H groups in total. The van der Waals surface area contributed by atoms with Crippen LogP contribution in [0.3, 0.4) is 0 Å². The molecule has 180 valence electrons. The molecule has 0 aliphatic heterocycles. The zero-order chi connectivity index (χ0) is 24.7. The van der Waals surface area contributed by atoms with Crippen LogP contribution < -0.4 is 14.7 Å². The topological polar surface area (TPSA) is 52.6 Å². The van der Waals surface area contributed by atoms with Gasteiger partial charge in [-0.25, -0.2) is 0 Å². The fourth-order valence-corrected chi connectivity index (χ4v) is 3.71. The molecule has 0 spiro atoms. The van der Waals surface area contributed by atoms with Crippen molar-refractivity contribution in [2.24, 2.45) is 0 Å². The van der Waals surface area contributed by atoms with Gasteiger partial charge in [-0.05, 0) is 65.9 Å². The normalized spacial score (nSPS) is 11.3. The number of benzene rings is 3. The van der Waals surface area contributed by atoms with E-state index >= 15 is 0 Å². The minimum atomic E-state index is -4.36. The minimum absolute atomic E-state index is 0.498. The maximum Gasteiger partial charge on any atom is 0.416 e. The first-order valence-corrected chi connectivity index (χ1v) is 11.1. The number of ether oxygens (including phenoxy) is 1. The van der Waals surface area contributed by atoms with Crippen molar-refractivity contribution in [3.05, 3.63) is 83.4 Å². The van der Waals surface area contributed by atoms with Gasteiger partial charge in [0.05, 0.1) is 11.5 Å². The number of hydrogen-bond acceptors (Lipinski definition) is 4. The second-order valence-electron chi connectivity index (χ2n) is 8.16. The summed E-state index contributed by atoms with van der Waals surface area (Å²) in [5.41, 5.74) is 3.73. The molecule has 0 aliphatic rings. The summed E-state index contributed by atoms with van der Waals surface area (Å²) in [6, 6.07) is 18.6. The van der Waals surface area contributed by atoms with Gasteiger partial charge >= 0.3 is 6.18 Å². The summed E-state index contributed by atoms with van der Waals surface area (Å²) in [6.45, 7) is 4.91. The summed E-state index contributed by atoms with van der Waals surface area (Å²) in [6.07, 6.45) is -2.36. The molecule has 0 heterocycles. The van der Waals surface area contributed by atoms with Gasteiger partial charge in [0, 0.05) is 18.8 Å². The maximum atomic E-state index is 12.9. The zero-order valence-corrected chi connectivity index (χ0v) is 19.2. The molecule has 3 aromatic rings. The Labute approximate surface area is 197 Å². The lowest BCUT2D eigenvalue weighted by atomic mass is 10.0. The summed E-state index contributed by atoms with van der Waals surface area (Å²) in [5.74, 6) is -0.778. The lowest BCUT2D eigenvalue weighted by molar-refractivity contribution is -0.307. The zero-order valence-electron chi connectivity index (χ0n) is 19.2. The van der Waals surface area contributed by atoms with Crippen molar-refractivity contribution in [1.82, 2.24) is 0 Å². The number of hydrogen-bond donors (Lipinski definition) is 0. The van der Waals surface area contributed by atoms with E-state index in [1.54, 1.807) is 6.07 Å². The molecule has 0 saturated carbocycles. The molecule has 4 nitrogen and oxygen atoms in total. The first-order valence-electron chi connectivity index (χ1n) is 11.1. The molecule has 0 amide bonds. The van der Waals surface area contributed by atoms with Gasteiger partial charge in [0.25, 0.3) is 0 Å². The smallest absolute Gasteiger partial charge is 0.416 e. The number of unbranched alkanes of at least 4 members (excludes halogenated alkanes) is 1. The number of rotatable bonds is 10. The Morgan fingerprint density at radius 2 is 1.74 bits per heavy atom. The summed E-state index contributed by atoms with van der Waals surface area (Å²) >= 11 is 0. The van der Waals surface area contributed by atoms with E-state index in [4.69, 9.17) is 4.74 Å². The second-order valence-corrected chi connectivity index (χ2v) is 8.16. The number of aryl methyl sites for hydroxylation is 1. The summed E-state index contributed by atoms with van der Waals surface area (Å²) < 4.78 is 44.0. The van der Waals surface area contributed by atoms with E-state index in [-0.39, 0.29) is 0 Å². The number of carboxylic acids is 1. The molecule has 0 saturated heterocycles. The van der Waals surface area contributed by atoms with E-state index in [0.29, 0.717) is 12.3 Å². The molecule has 0 atom stereocenters. The number of halogens is 3. The highest BCUT2D eigenvalue weighted by Gasteiger charge is 2.30. The quantitative estimate of drug-likeness (QED) is 0.386. The monoisotopic (exact) mass is 470 g/mol. The van der Waals surface area contributed by atoms with E-state index in [0.717, 1.165) is 59.5 Å². The average Bonchev–Trinajstić information content (AvgIpc) is 2.80. The maximum absolute atomic E-state index is 12.9. The molecule has 0 aromatic heterocycles. The Balaban J connectivity index is 1.83. The molecule has 7 heteroatoms. The fraction of sp³-hybridized carbons (Fsp3) is 0.296. The van der Waals surface area contributed by atoms with Crippen molar-refractivity contribution >= 4 is 11.7 Å². The van der Waals surface area contributed by atoms with Crippen LogP contribution in [-0.2, 0) is 17.5 Å².